The number of hydrogen-bond donors (Lipinski definition) is 2. The average molecular weight is 781 g/mol. The second-order valence-electron chi connectivity index (χ2n) is 21.2. The number of carbonyl (C=O) groups is 2. The third-order valence-electron chi connectivity index (χ3n) is 17.9. The van der Waals surface area contributed by atoms with Gasteiger partial charge < -0.3 is 19.7 Å². The summed E-state index contributed by atoms with van der Waals surface area (Å²) < 4.78 is 12.5. The average Bonchev–Trinajstić information content (AvgIpc) is 3.97. The van der Waals surface area contributed by atoms with E-state index in [9.17, 15) is 19.8 Å². The summed E-state index contributed by atoms with van der Waals surface area (Å²) in [5, 5.41) is 27.2. The Hall–Kier alpha value is -2.62. The standard InChI is InChI=1S/C51H72O6/c1-37(15-12-19-38-17-6-4-7-18-38)16-13-29-50-42(52)22-30-47(3,40-21-31-48(34-40)24-10-11-25-48)44(50)41-35-46(2,51(50,55)32-20-39-33-43(53)56-36-39)23-14-28-49(45(54)57-41)26-8-5-9-27-49/h4,6-7,17-18,33,37,40-42,44,52,55H,5,8-13,15-16,19-22,24-32,34-36H2,1-3H3/t37-,40-,41+,42+,44+,46+,47+,50+,51-/m1/s1. The van der Waals surface area contributed by atoms with Crippen LogP contribution in [0.4, 0.5) is 0 Å². The van der Waals surface area contributed by atoms with Crippen LogP contribution in [0.3, 0.4) is 0 Å². The van der Waals surface area contributed by atoms with E-state index in [1.807, 2.05) is 0 Å². The molecule has 5 saturated carbocycles. The fourth-order valence-electron chi connectivity index (χ4n) is 14.7. The van der Waals surface area contributed by atoms with Crippen molar-refractivity contribution in [3.05, 3.63) is 47.5 Å². The molecule has 9 atom stereocenters. The summed E-state index contributed by atoms with van der Waals surface area (Å²) in [6.07, 6.45) is 23.3. The Morgan fingerprint density at radius 1 is 0.860 bits per heavy atom. The van der Waals surface area contributed by atoms with Crippen molar-refractivity contribution in [2.75, 3.05) is 6.61 Å². The smallest absolute Gasteiger partial charge is 0.331 e. The molecule has 7 aliphatic rings. The van der Waals surface area contributed by atoms with Crippen LogP contribution in [0.5, 0.6) is 0 Å². The molecule has 57 heavy (non-hydrogen) atoms. The van der Waals surface area contributed by atoms with E-state index >= 15 is 0 Å². The Bertz CT molecular complexity index is 1710. The number of benzene rings is 1. The second-order valence-corrected chi connectivity index (χ2v) is 21.2. The van der Waals surface area contributed by atoms with Gasteiger partial charge in [0.15, 0.2) is 0 Å². The first kappa shape index (κ1) is 41.1. The Morgan fingerprint density at radius 2 is 1.60 bits per heavy atom. The van der Waals surface area contributed by atoms with Crippen LogP contribution in [0, 0.1) is 56.7 Å². The number of esters is 2. The molecule has 2 N–H and O–H groups in total. The van der Waals surface area contributed by atoms with Gasteiger partial charge in [0, 0.05) is 30.3 Å². The lowest BCUT2D eigenvalue weighted by Crippen LogP contribution is -2.76. The third kappa shape index (κ3) is 7.36. The van der Waals surface area contributed by atoms with Gasteiger partial charge in [0.05, 0.1) is 22.5 Å². The van der Waals surface area contributed by atoms with E-state index < -0.39 is 34.1 Å². The molecule has 1 aromatic rings. The highest BCUT2D eigenvalue weighted by Crippen LogP contribution is 2.73. The summed E-state index contributed by atoms with van der Waals surface area (Å²) >= 11 is 0. The van der Waals surface area contributed by atoms with Crippen molar-refractivity contribution in [2.24, 2.45) is 44.8 Å². The number of rotatable bonds is 12. The lowest BCUT2D eigenvalue weighted by molar-refractivity contribution is -0.314. The van der Waals surface area contributed by atoms with E-state index in [-0.39, 0.29) is 29.9 Å². The number of hydrogen-bond acceptors (Lipinski definition) is 6. The van der Waals surface area contributed by atoms with E-state index in [0.29, 0.717) is 55.8 Å². The maximum absolute atomic E-state index is 14.8. The van der Waals surface area contributed by atoms with Crippen molar-refractivity contribution >= 4 is 11.9 Å². The molecule has 8 rings (SSSR count). The van der Waals surface area contributed by atoms with E-state index in [2.05, 4.69) is 62.9 Å². The molecule has 0 radical (unpaired) electrons. The SMILES string of the molecule is C[C@H](CCCc1ccccc1)CCC[C@]12[C@@H](O)CC[C@@](C)([C@@H]3CCC4(CCCC4)C3)[C@@H]1[C@@H]1C[C@](C)(C#CCC3(CCCCC3)C(=O)O1)[C@]2(O)CCC1=CC(=O)OC1. The first-order valence-corrected chi connectivity index (χ1v) is 23.4. The number of aliphatic hydroxyl groups excluding tert-OH is 1. The zero-order valence-corrected chi connectivity index (χ0v) is 35.6. The van der Waals surface area contributed by atoms with Crippen molar-refractivity contribution in [3.8, 4) is 11.8 Å². The van der Waals surface area contributed by atoms with Crippen LogP contribution < -0.4 is 0 Å². The highest BCUT2D eigenvalue weighted by molar-refractivity contribution is 5.85. The molecule has 0 aromatic heterocycles. The maximum Gasteiger partial charge on any atom is 0.331 e. The molecule has 0 amide bonds. The summed E-state index contributed by atoms with van der Waals surface area (Å²) in [5.74, 6) is 7.64. The summed E-state index contributed by atoms with van der Waals surface area (Å²) in [7, 11) is 0. The number of aliphatic hydroxyl groups is 2. The van der Waals surface area contributed by atoms with Gasteiger partial charge in [-0.05, 0) is 131 Å². The Morgan fingerprint density at radius 3 is 2.33 bits per heavy atom. The number of carbonyl (C=O) groups excluding carboxylic acids is 2. The van der Waals surface area contributed by atoms with Gasteiger partial charge in [-0.25, -0.2) is 4.79 Å². The molecule has 2 spiro atoms. The topological polar surface area (TPSA) is 93.1 Å². The largest absolute Gasteiger partial charge is 0.462 e. The summed E-state index contributed by atoms with van der Waals surface area (Å²) in [6, 6.07) is 10.8. The Balaban J connectivity index is 1.20. The van der Waals surface area contributed by atoms with Crippen molar-refractivity contribution < 1.29 is 29.3 Å². The predicted molar refractivity (Wildman–Crippen MR) is 224 cm³/mol. The molecule has 2 aliphatic heterocycles. The van der Waals surface area contributed by atoms with Gasteiger partial charge in [-0.15, -0.1) is 5.92 Å². The molecule has 6 heteroatoms. The molecule has 2 heterocycles. The normalized spacial score (nSPS) is 38.6. The zero-order valence-electron chi connectivity index (χ0n) is 35.6. The van der Waals surface area contributed by atoms with Gasteiger partial charge in [-0.2, -0.15) is 0 Å². The van der Waals surface area contributed by atoms with Crippen molar-refractivity contribution in [3.63, 3.8) is 0 Å². The van der Waals surface area contributed by atoms with E-state index in [1.54, 1.807) is 6.08 Å². The molecular weight excluding hydrogens is 709 g/mol. The van der Waals surface area contributed by atoms with Crippen LogP contribution in [-0.2, 0) is 25.5 Å². The molecule has 2 bridgehead atoms. The van der Waals surface area contributed by atoms with Crippen molar-refractivity contribution in [1.29, 1.82) is 0 Å². The predicted octanol–water partition coefficient (Wildman–Crippen LogP) is 10.6. The van der Waals surface area contributed by atoms with Gasteiger partial charge in [0.2, 0.25) is 0 Å². The quantitative estimate of drug-likeness (QED) is 0.162. The lowest BCUT2D eigenvalue weighted by atomic mass is 9.36. The summed E-state index contributed by atoms with van der Waals surface area (Å²) in [6.45, 7) is 7.22. The fraction of sp³-hybridized carbons (Fsp3) is 0.765. The van der Waals surface area contributed by atoms with Gasteiger partial charge in [0.1, 0.15) is 12.7 Å². The molecule has 6 nitrogen and oxygen atoms in total. The number of ether oxygens (including phenoxy) is 2. The Labute approximate surface area is 343 Å². The van der Waals surface area contributed by atoms with Crippen molar-refractivity contribution in [2.45, 2.75) is 193 Å². The van der Waals surface area contributed by atoms with Crippen LogP contribution in [0.1, 0.15) is 174 Å². The van der Waals surface area contributed by atoms with E-state index in [4.69, 9.17) is 9.47 Å². The molecule has 312 valence electrons. The Kier molecular flexibility index (Phi) is 11.6. The highest BCUT2D eigenvalue weighted by Gasteiger charge is 2.76. The highest BCUT2D eigenvalue weighted by atomic mass is 16.5. The van der Waals surface area contributed by atoms with E-state index in [0.717, 1.165) is 76.2 Å². The van der Waals surface area contributed by atoms with Gasteiger partial charge in [-0.1, -0.05) is 101 Å². The van der Waals surface area contributed by atoms with Gasteiger partial charge >= 0.3 is 11.9 Å². The molecule has 1 aromatic carbocycles. The summed E-state index contributed by atoms with van der Waals surface area (Å²) in [5.41, 5.74) is -1.40. The monoisotopic (exact) mass is 781 g/mol. The van der Waals surface area contributed by atoms with Gasteiger partial charge in [-0.3, -0.25) is 4.79 Å². The van der Waals surface area contributed by atoms with Crippen LogP contribution in [0.25, 0.3) is 0 Å². The minimum atomic E-state index is -1.39. The lowest BCUT2D eigenvalue weighted by Gasteiger charge is -2.71. The third-order valence-corrected chi connectivity index (χ3v) is 17.9. The molecule has 5 fully saturated rings. The van der Waals surface area contributed by atoms with E-state index in [1.165, 1.54) is 50.5 Å². The van der Waals surface area contributed by atoms with Crippen LogP contribution in [-0.4, -0.2) is 46.6 Å². The first-order chi connectivity index (χ1) is 27.4. The maximum atomic E-state index is 14.8. The molecular formula is C51H72O6. The second kappa shape index (κ2) is 16.1. The first-order valence-electron chi connectivity index (χ1n) is 23.4. The van der Waals surface area contributed by atoms with Crippen LogP contribution >= 0.6 is 0 Å². The van der Waals surface area contributed by atoms with Crippen LogP contribution in [0.2, 0.25) is 0 Å². The molecule has 5 aliphatic carbocycles. The molecule has 0 saturated heterocycles. The van der Waals surface area contributed by atoms with Gasteiger partial charge in [0.25, 0.3) is 0 Å². The minimum Gasteiger partial charge on any atom is -0.462 e. The van der Waals surface area contributed by atoms with Crippen LogP contribution in [0.15, 0.2) is 42.0 Å². The molecule has 0 unspecified atom stereocenters. The number of cyclic esters (lactones) is 1. The zero-order chi connectivity index (χ0) is 39.9. The number of fused-ring (bicyclic) bond motifs is 4. The number of aryl methyl sites for hydroxylation is 1. The summed E-state index contributed by atoms with van der Waals surface area (Å²) in [4.78, 5) is 27.1. The van der Waals surface area contributed by atoms with Crippen molar-refractivity contribution in [1.82, 2.24) is 0 Å². The minimum absolute atomic E-state index is 0.0787. The fourth-order valence-corrected chi connectivity index (χ4v) is 14.7.